The topological polar surface area (TPSA) is 22.1 Å². The maximum Gasteiger partial charge on any atom is 0.233 e. The number of pyridine rings is 1. The smallest absolute Gasteiger partial charge is 0.233 e. The van der Waals surface area contributed by atoms with Gasteiger partial charge in [0.15, 0.2) is 0 Å². The van der Waals surface area contributed by atoms with Gasteiger partial charge in [-0.3, -0.25) is 0 Å². The zero-order chi connectivity index (χ0) is 12.4. The second-order valence-corrected chi connectivity index (χ2v) is 5.18. The molecule has 1 aromatic carbocycles. The van der Waals surface area contributed by atoms with E-state index in [0.717, 1.165) is 5.56 Å². The van der Waals surface area contributed by atoms with Crippen LogP contribution in [0.3, 0.4) is 0 Å². The highest BCUT2D eigenvalue weighted by molar-refractivity contribution is 9.10. The summed E-state index contributed by atoms with van der Waals surface area (Å²) in [4.78, 5) is 4.10. The predicted molar refractivity (Wildman–Crippen MR) is 73.2 cm³/mol. The summed E-state index contributed by atoms with van der Waals surface area (Å²) in [6.45, 7) is 1.92. The summed E-state index contributed by atoms with van der Waals surface area (Å²) in [5.74, 6) is 1.18. The van der Waals surface area contributed by atoms with Gasteiger partial charge in [0.1, 0.15) is 5.75 Å². The van der Waals surface area contributed by atoms with E-state index < -0.39 is 0 Å². The predicted octanol–water partition coefficient (Wildman–Crippen LogP) is 5.25. The van der Waals surface area contributed by atoms with Gasteiger partial charge < -0.3 is 4.74 Å². The van der Waals surface area contributed by atoms with Crippen LogP contribution in [0.25, 0.3) is 0 Å². The molecule has 0 radical (unpaired) electrons. The van der Waals surface area contributed by atoms with Crippen LogP contribution in [0.5, 0.6) is 11.6 Å². The van der Waals surface area contributed by atoms with Gasteiger partial charge in [0.05, 0.1) is 9.50 Å². The lowest BCUT2D eigenvalue weighted by Gasteiger charge is -2.09. The molecule has 2 nitrogen and oxygen atoms in total. The largest absolute Gasteiger partial charge is 0.438 e. The molecule has 0 bridgehead atoms. The van der Waals surface area contributed by atoms with Gasteiger partial charge in [0, 0.05) is 11.2 Å². The third-order valence-corrected chi connectivity index (χ3v) is 3.13. The van der Waals surface area contributed by atoms with Gasteiger partial charge >= 0.3 is 0 Å². The van der Waals surface area contributed by atoms with Gasteiger partial charge in [0.25, 0.3) is 0 Å². The summed E-state index contributed by atoms with van der Waals surface area (Å²) < 4.78 is 6.38. The molecule has 1 aromatic heterocycles. The van der Waals surface area contributed by atoms with E-state index in [2.05, 4.69) is 20.9 Å². The molecule has 1 heterocycles. The van der Waals surface area contributed by atoms with Crippen LogP contribution in [0.1, 0.15) is 5.56 Å². The van der Waals surface area contributed by atoms with E-state index in [4.69, 9.17) is 27.9 Å². The highest BCUT2D eigenvalue weighted by Gasteiger charge is 2.07. The highest BCUT2D eigenvalue weighted by atomic mass is 79.9. The molecule has 0 N–H and O–H groups in total. The Hall–Kier alpha value is -0.770. The molecule has 17 heavy (non-hydrogen) atoms. The molecule has 2 aromatic rings. The number of rotatable bonds is 2. The molecule has 88 valence electrons. The lowest BCUT2D eigenvalue weighted by molar-refractivity contribution is 0.456. The molecule has 0 aliphatic heterocycles. The van der Waals surface area contributed by atoms with Gasteiger partial charge in [-0.15, -0.1) is 0 Å². The first-order valence-corrected chi connectivity index (χ1v) is 6.36. The molecule has 0 amide bonds. The lowest BCUT2D eigenvalue weighted by Crippen LogP contribution is -1.91. The molecule has 0 atom stereocenters. The number of aryl methyl sites for hydroxylation is 1. The Morgan fingerprint density at radius 3 is 2.59 bits per heavy atom. The van der Waals surface area contributed by atoms with E-state index >= 15 is 0 Å². The number of aromatic nitrogens is 1. The summed E-state index contributed by atoms with van der Waals surface area (Å²) in [5, 5.41) is 1.23. The van der Waals surface area contributed by atoms with Gasteiger partial charge in [-0.25, -0.2) is 4.98 Å². The van der Waals surface area contributed by atoms with E-state index in [-0.39, 0.29) is 0 Å². The van der Waals surface area contributed by atoms with Crippen molar-refractivity contribution in [1.29, 1.82) is 0 Å². The zero-order valence-electron chi connectivity index (χ0n) is 8.88. The lowest BCUT2D eigenvalue weighted by atomic mass is 10.2. The average molecular weight is 333 g/mol. The monoisotopic (exact) mass is 331 g/mol. The first kappa shape index (κ1) is 12.7. The third kappa shape index (κ3) is 3.12. The minimum Gasteiger partial charge on any atom is -0.438 e. The number of nitrogens with zero attached hydrogens (tertiary/aromatic N) is 1. The Kier molecular flexibility index (Phi) is 3.92. The van der Waals surface area contributed by atoms with Crippen molar-refractivity contribution in [2.45, 2.75) is 6.92 Å². The molecule has 0 fully saturated rings. The van der Waals surface area contributed by atoms with Crippen LogP contribution >= 0.6 is 39.1 Å². The minimum absolute atomic E-state index is 0.472. The summed E-state index contributed by atoms with van der Waals surface area (Å²) >= 11 is 15.0. The maximum absolute atomic E-state index is 5.87. The Balaban J connectivity index is 2.31. The molecule has 0 saturated carbocycles. The van der Waals surface area contributed by atoms with Crippen LogP contribution in [0.15, 0.2) is 34.9 Å². The van der Waals surface area contributed by atoms with E-state index in [0.29, 0.717) is 26.1 Å². The molecule has 0 unspecified atom stereocenters. The second-order valence-electron chi connectivity index (χ2n) is 3.45. The molecule has 2 rings (SSSR count). The van der Waals surface area contributed by atoms with E-state index in [1.807, 2.05) is 13.0 Å². The summed E-state index contributed by atoms with van der Waals surface area (Å²) in [6.07, 6.45) is 1.53. The van der Waals surface area contributed by atoms with Crippen LogP contribution in [-0.2, 0) is 0 Å². The molecule has 0 saturated heterocycles. The van der Waals surface area contributed by atoms with E-state index in [9.17, 15) is 0 Å². The van der Waals surface area contributed by atoms with Crippen LogP contribution < -0.4 is 4.74 Å². The van der Waals surface area contributed by atoms with Crippen molar-refractivity contribution in [2.24, 2.45) is 0 Å². The quantitative estimate of drug-likeness (QED) is 0.749. The Bertz CT molecular complexity index is 511. The first-order valence-electron chi connectivity index (χ1n) is 4.81. The van der Waals surface area contributed by atoms with Crippen molar-refractivity contribution in [3.63, 3.8) is 0 Å². The number of hydrogen-bond donors (Lipinski definition) is 0. The summed E-state index contributed by atoms with van der Waals surface area (Å²) in [5.41, 5.74) is 0.946. The molecular formula is C12H8BrCl2NO. The normalized spacial score (nSPS) is 10.4. The van der Waals surface area contributed by atoms with Crippen LogP contribution in [-0.4, -0.2) is 4.98 Å². The summed E-state index contributed by atoms with van der Waals surface area (Å²) in [6, 6.07) is 7.14. The highest BCUT2D eigenvalue weighted by Crippen LogP contribution is 2.31. The third-order valence-electron chi connectivity index (χ3n) is 2.12. The zero-order valence-corrected chi connectivity index (χ0v) is 12.0. The molecule has 0 spiro atoms. The van der Waals surface area contributed by atoms with Crippen molar-refractivity contribution in [1.82, 2.24) is 4.98 Å². The van der Waals surface area contributed by atoms with Crippen molar-refractivity contribution in [3.05, 3.63) is 50.5 Å². The Morgan fingerprint density at radius 2 is 1.94 bits per heavy atom. The fourth-order valence-electron chi connectivity index (χ4n) is 1.31. The number of benzene rings is 1. The Morgan fingerprint density at radius 1 is 1.18 bits per heavy atom. The van der Waals surface area contributed by atoms with Crippen LogP contribution in [0.4, 0.5) is 0 Å². The number of ether oxygens (including phenoxy) is 1. The van der Waals surface area contributed by atoms with Gasteiger partial charge in [-0.2, -0.15) is 0 Å². The maximum atomic E-state index is 5.87. The molecular weight excluding hydrogens is 325 g/mol. The van der Waals surface area contributed by atoms with Crippen molar-refractivity contribution in [3.8, 4) is 11.6 Å². The van der Waals surface area contributed by atoms with E-state index in [1.54, 1.807) is 18.2 Å². The Labute approximate surface area is 118 Å². The standard InChI is InChI=1S/C12H8BrCl2NO/c1-7-4-8(14)2-3-11(7)17-12-10(13)5-9(15)6-16-12/h2-6H,1H3. The van der Waals surface area contributed by atoms with Crippen LogP contribution in [0.2, 0.25) is 10.0 Å². The molecule has 0 aliphatic rings. The minimum atomic E-state index is 0.472. The number of hydrogen-bond acceptors (Lipinski definition) is 2. The fourth-order valence-corrected chi connectivity index (χ4v) is 2.25. The van der Waals surface area contributed by atoms with Gasteiger partial charge in [-0.1, -0.05) is 23.2 Å². The first-order chi connectivity index (χ1) is 8.06. The van der Waals surface area contributed by atoms with E-state index in [1.165, 1.54) is 6.20 Å². The van der Waals surface area contributed by atoms with Crippen LogP contribution in [0, 0.1) is 6.92 Å². The van der Waals surface area contributed by atoms with Gasteiger partial charge in [-0.05, 0) is 52.7 Å². The summed E-state index contributed by atoms with van der Waals surface area (Å²) in [7, 11) is 0. The number of halogens is 3. The van der Waals surface area contributed by atoms with Crippen molar-refractivity contribution >= 4 is 39.1 Å². The molecule has 0 aliphatic carbocycles. The second kappa shape index (κ2) is 5.25. The molecule has 5 heteroatoms. The van der Waals surface area contributed by atoms with Crippen molar-refractivity contribution < 1.29 is 4.74 Å². The van der Waals surface area contributed by atoms with Gasteiger partial charge in [0.2, 0.25) is 5.88 Å². The fraction of sp³-hybridized carbons (Fsp3) is 0.0833. The SMILES string of the molecule is Cc1cc(Cl)ccc1Oc1ncc(Cl)cc1Br. The van der Waals surface area contributed by atoms with Crippen molar-refractivity contribution in [2.75, 3.05) is 0 Å². The average Bonchev–Trinajstić information content (AvgIpc) is 2.25.